The van der Waals surface area contributed by atoms with Crippen molar-refractivity contribution in [3.8, 4) is 0 Å². The molecule has 0 heterocycles. The van der Waals surface area contributed by atoms with Crippen molar-refractivity contribution >= 4 is 5.97 Å². The molecule has 108 valence electrons. The zero-order valence-corrected chi connectivity index (χ0v) is 11.9. The molecule has 0 spiro atoms. The number of carbonyl (C=O) groups is 1. The number of fused-ring (bicyclic) bond motifs is 3. The third-order valence-corrected chi connectivity index (χ3v) is 4.89. The molecule has 2 aliphatic rings. The van der Waals surface area contributed by atoms with E-state index in [2.05, 4.69) is 6.07 Å². The highest BCUT2D eigenvalue weighted by molar-refractivity contribution is 5.75. The zero-order valence-electron chi connectivity index (χ0n) is 11.9. The topological polar surface area (TPSA) is 46.5 Å². The highest BCUT2D eigenvalue weighted by Gasteiger charge is 2.46. The lowest BCUT2D eigenvalue weighted by atomic mass is 9.62. The van der Waals surface area contributed by atoms with E-state index in [1.54, 1.807) is 0 Å². The van der Waals surface area contributed by atoms with Crippen LogP contribution in [-0.4, -0.2) is 17.7 Å². The summed E-state index contributed by atoms with van der Waals surface area (Å²) >= 11 is 0. The molecule has 1 aromatic rings. The van der Waals surface area contributed by atoms with Gasteiger partial charge in [0.2, 0.25) is 0 Å². The highest BCUT2D eigenvalue weighted by atomic mass is 16.5. The molecule has 0 unspecified atom stereocenters. The van der Waals surface area contributed by atoms with E-state index in [0.29, 0.717) is 12.5 Å². The van der Waals surface area contributed by atoms with Crippen LogP contribution in [0, 0.1) is 11.8 Å². The Morgan fingerprint density at radius 1 is 1.25 bits per heavy atom. The molecular weight excluding hydrogens is 252 g/mol. The largest absolute Gasteiger partial charge is 0.466 e. The van der Waals surface area contributed by atoms with Crippen molar-refractivity contribution in [3.05, 3.63) is 35.4 Å². The van der Waals surface area contributed by atoms with E-state index in [0.717, 1.165) is 24.8 Å². The molecule has 0 aromatic heterocycles. The standard InChI is InChI=1S/C17H22O3/c1-2-20-17(19)15-13-9-5-3-7-11(13)12-8-4-6-10-14(12)16(15)18/h4,6,8,10-11,13,15-16,18H,2-3,5,7,9H2,1H3/t11-,13+,15-,16+/m1/s1. The van der Waals surface area contributed by atoms with Crippen LogP contribution in [0.2, 0.25) is 0 Å². The molecule has 4 atom stereocenters. The molecule has 1 N–H and O–H groups in total. The summed E-state index contributed by atoms with van der Waals surface area (Å²) in [5, 5.41) is 10.7. The number of hydrogen-bond donors (Lipinski definition) is 1. The van der Waals surface area contributed by atoms with Crippen LogP contribution < -0.4 is 0 Å². The molecule has 1 saturated carbocycles. The lowest BCUT2D eigenvalue weighted by Crippen LogP contribution is -2.40. The number of esters is 1. The molecule has 0 saturated heterocycles. The van der Waals surface area contributed by atoms with E-state index in [1.807, 2.05) is 25.1 Å². The van der Waals surface area contributed by atoms with Gasteiger partial charge in [-0.3, -0.25) is 4.79 Å². The molecule has 3 nitrogen and oxygen atoms in total. The average Bonchev–Trinajstić information content (AvgIpc) is 2.48. The molecule has 0 bridgehead atoms. The van der Waals surface area contributed by atoms with Gasteiger partial charge in [-0.25, -0.2) is 0 Å². The van der Waals surface area contributed by atoms with Gasteiger partial charge in [-0.05, 0) is 42.7 Å². The Hall–Kier alpha value is -1.35. The molecular formula is C17H22O3. The lowest BCUT2D eigenvalue weighted by molar-refractivity contribution is -0.157. The first-order valence-corrected chi connectivity index (χ1v) is 7.67. The fourth-order valence-electron chi connectivity index (χ4n) is 4.06. The molecule has 1 fully saturated rings. The first kappa shape index (κ1) is 13.6. The molecule has 20 heavy (non-hydrogen) atoms. The van der Waals surface area contributed by atoms with Crippen molar-refractivity contribution in [2.45, 2.75) is 44.6 Å². The number of rotatable bonds is 2. The smallest absolute Gasteiger partial charge is 0.312 e. The summed E-state index contributed by atoms with van der Waals surface area (Å²) in [6, 6.07) is 8.04. The minimum Gasteiger partial charge on any atom is -0.466 e. The van der Waals surface area contributed by atoms with Crippen LogP contribution in [0.25, 0.3) is 0 Å². The first-order chi connectivity index (χ1) is 9.74. The zero-order chi connectivity index (χ0) is 14.1. The number of aliphatic hydroxyl groups is 1. The van der Waals surface area contributed by atoms with E-state index in [1.165, 1.54) is 12.0 Å². The van der Waals surface area contributed by atoms with Crippen LogP contribution in [0.1, 0.15) is 55.8 Å². The lowest BCUT2D eigenvalue weighted by Gasteiger charge is -2.43. The Labute approximate surface area is 120 Å². The van der Waals surface area contributed by atoms with Gasteiger partial charge in [-0.1, -0.05) is 37.1 Å². The summed E-state index contributed by atoms with van der Waals surface area (Å²) in [6.07, 6.45) is 3.77. The van der Waals surface area contributed by atoms with Crippen molar-refractivity contribution in [2.24, 2.45) is 11.8 Å². The van der Waals surface area contributed by atoms with Crippen molar-refractivity contribution in [1.82, 2.24) is 0 Å². The number of hydrogen-bond acceptors (Lipinski definition) is 3. The summed E-state index contributed by atoms with van der Waals surface area (Å²) < 4.78 is 5.22. The normalized spacial score (nSPS) is 32.1. The minimum atomic E-state index is -0.718. The molecule has 0 amide bonds. The molecule has 0 radical (unpaired) electrons. The molecule has 2 aliphatic carbocycles. The molecule has 3 rings (SSSR count). The number of aliphatic hydroxyl groups excluding tert-OH is 1. The Morgan fingerprint density at radius 2 is 1.95 bits per heavy atom. The maximum Gasteiger partial charge on any atom is 0.312 e. The second-order valence-electron chi connectivity index (χ2n) is 5.91. The maximum atomic E-state index is 12.3. The summed E-state index contributed by atoms with van der Waals surface area (Å²) in [5.41, 5.74) is 2.17. The van der Waals surface area contributed by atoms with E-state index in [4.69, 9.17) is 4.74 Å². The van der Waals surface area contributed by atoms with Crippen LogP contribution in [0.4, 0.5) is 0 Å². The fourth-order valence-corrected chi connectivity index (χ4v) is 4.06. The SMILES string of the molecule is CCOC(=O)[C@@H]1[C@H]2CCCC[C@@H]2c2ccccc2[C@@H]1O. The van der Waals surface area contributed by atoms with Crippen molar-refractivity contribution < 1.29 is 14.6 Å². The predicted molar refractivity (Wildman–Crippen MR) is 76.2 cm³/mol. The van der Waals surface area contributed by atoms with Crippen LogP contribution in [-0.2, 0) is 9.53 Å². The summed E-state index contributed by atoms with van der Waals surface area (Å²) in [4.78, 5) is 12.3. The summed E-state index contributed by atoms with van der Waals surface area (Å²) in [5.74, 6) is 0.00649. The number of carbonyl (C=O) groups excluding carboxylic acids is 1. The molecule has 3 heteroatoms. The van der Waals surface area contributed by atoms with Crippen LogP contribution in [0.5, 0.6) is 0 Å². The van der Waals surface area contributed by atoms with Gasteiger partial charge in [0.25, 0.3) is 0 Å². The van der Waals surface area contributed by atoms with Crippen LogP contribution in [0.3, 0.4) is 0 Å². The summed E-state index contributed by atoms with van der Waals surface area (Å²) in [7, 11) is 0. The highest BCUT2D eigenvalue weighted by Crippen LogP contribution is 2.51. The maximum absolute atomic E-state index is 12.3. The van der Waals surface area contributed by atoms with Crippen LogP contribution >= 0.6 is 0 Å². The first-order valence-electron chi connectivity index (χ1n) is 7.67. The Balaban J connectivity index is 2.01. The van der Waals surface area contributed by atoms with Gasteiger partial charge in [0, 0.05) is 0 Å². The monoisotopic (exact) mass is 274 g/mol. The quantitative estimate of drug-likeness (QED) is 0.842. The number of ether oxygens (including phenoxy) is 1. The van der Waals surface area contributed by atoms with Gasteiger partial charge in [-0.15, -0.1) is 0 Å². The van der Waals surface area contributed by atoms with E-state index < -0.39 is 12.0 Å². The second-order valence-corrected chi connectivity index (χ2v) is 5.91. The fraction of sp³-hybridized carbons (Fsp3) is 0.588. The van der Waals surface area contributed by atoms with Gasteiger partial charge in [0.05, 0.1) is 18.6 Å². The van der Waals surface area contributed by atoms with Crippen molar-refractivity contribution in [3.63, 3.8) is 0 Å². The van der Waals surface area contributed by atoms with Gasteiger partial charge in [-0.2, -0.15) is 0 Å². The third kappa shape index (κ3) is 2.14. The number of benzene rings is 1. The molecule has 1 aromatic carbocycles. The minimum absolute atomic E-state index is 0.229. The van der Waals surface area contributed by atoms with Gasteiger partial charge >= 0.3 is 5.97 Å². The van der Waals surface area contributed by atoms with E-state index in [9.17, 15) is 9.90 Å². The third-order valence-electron chi connectivity index (χ3n) is 4.89. The van der Waals surface area contributed by atoms with Gasteiger partial charge in [0.15, 0.2) is 0 Å². The Morgan fingerprint density at radius 3 is 2.70 bits per heavy atom. The molecule has 0 aliphatic heterocycles. The van der Waals surface area contributed by atoms with E-state index >= 15 is 0 Å². The van der Waals surface area contributed by atoms with Gasteiger partial charge < -0.3 is 9.84 Å². The Bertz CT molecular complexity index is 497. The second kappa shape index (κ2) is 5.57. The van der Waals surface area contributed by atoms with Crippen molar-refractivity contribution in [2.75, 3.05) is 6.61 Å². The van der Waals surface area contributed by atoms with Crippen molar-refractivity contribution in [1.29, 1.82) is 0 Å². The Kier molecular flexibility index (Phi) is 3.79. The van der Waals surface area contributed by atoms with E-state index in [-0.39, 0.29) is 11.9 Å². The summed E-state index contributed by atoms with van der Waals surface area (Å²) in [6.45, 7) is 2.19. The van der Waals surface area contributed by atoms with Crippen LogP contribution in [0.15, 0.2) is 24.3 Å². The predicted octanol–water partition coefficient (Wildman–Crippen LogP) is 3.19. The average molecular weight is 274 g/mol. The van der Waals surface area contributed by atoms with Gasteiger partial charge in [0.1, 0.15) is 0 Å².